The van der Waals surface area contributed by atoms with Crippen molar-refractivity contribution in [2.45, 2.75) is 84.1 Å². The first-order valence-corrected chi connectivity index (χ1v) is 6.82. The molecule has 90 valence electrons. The van der Waals surface area contributed by atoms with Crippen molar-refractivity contribution < 1.29 is 0 Å². The minimum absolute atomic E-state index is 0.152. The summed E-state index contributed by atoms with van der Waals surface area (Å²) < 4.78 is 0. The highest BCUT2D eigenvalue weighted by molar-refractivity contribution is 4.86. The molecule has 2 N–H and O–H groups in total. The number of nitrogens with two attached hydrogens (primary N) is 1. The fraction of sp³-hybridized carbons (Fsp3) is 1.00. The molecule has 2 unspecified atom stereocenters. The molecule has 0 radical (unpaired) electrons. The van der Waals surface area contributed by atoms with Gasteiger partial charge in [0.1, 0.15) is 0 Å². The molecule has 0 saturated heterocycles. The van der Waals surface area contributed by atoms with Crippen LogP contribution >= 0.6 is 0 Å². The van der Waals surface area contributed by atoms with E-state index in [4.69, 9.17) is 5.73 Å². The van der Waals surface area contributed by atoms with Crippen LogP contribution in [0.1, 0.15) is 78.6 Å². The summed E-state index contributed by atoms with van der Waals surface area (Å²) in [5.74, 6) is 0. The molecule has 2 atom stereocenters. The van der Waals surface area contributed by atoms with Crippen molar-refractivity contribution in [3.8, 4) is 0 Å². The van der Waals surface area contributed by atoms with Crippen molar-refractivity contribution in [3.63, 3.8) is 0 Å². The van der Waals surface area contributed by atoms with Gasteiger partial charge in [0.25, 0.3) is 0 Å². The highest BCUT2D eigenvalue weighted by atomic mass is 14.7. The van der Waals surface area contributed by atoms with Crippen molar-refractivity contribution in [2.75, 3.05) is 0 Å². The molecule has 0 aromatic heterocycles. The smallest absolute Gasteiger partial charge is 0.0151 e. The standard InChI is InChI=1S/C14H29N/c1-4-13(3)9-6-7-11-14(15,5-2)12-8-10-13/h4-12,15H2,1-3H3. The maximum Gasteiger partial charge on any atom is 0.0151 e. The third-order valence-electron chi connectivity index (χ3n) is 4.72. The van der Waals surface area contributed by atoms with Crippen molar-refractivity contribution >= 4 is 0 Å². The van der Waals surface area contributed by atoms with E-state index < -0.39 is 0 Å². The van der Waals surface area contributed by atoms with Gasteiger partial charge in [-0.05, 0) is 37.5 Å². The van der Waals surface area contributed by atoms with E-state index in [-0.39, 0.29) is 5.54 Å². The second kappa shape index (κ2) is 5.34. The van der Waals surface area contributed by atoms with Gasteiger partial charge in [0.05, 0.1) is 0 Å². The van der Waals surface area contributed by atoms with Gasteiger partial charge in [-0.25, -0.2) is 0 Å². The largest absolute Gasteiger partial charge is 0.325 e. The molecule has 0 aliphatic heterocycles. The van der Waals surface area contributed by atoms with Crippen LogP contribution in [0.4, 0.5) is 0 Å². The van der Waals surface area contributed by atoms with Gasteiger partial charge >= 0.3 is 0 Å². The normalized spacial score (nSPS) is 39.2. The van der Waals surface area contributed by atoms with Crippen LogP contribution < -0.4 is 5.73 Å². The third-order valence-corrected chi connectivity index (χ3v) is 4.72. The van der Waals surface area contributed by atoms with Gasteiger partial charge in [0.2, 0.25) is 0 Å². The van der Waals surface area contributed by atoms with Crippen LogP contribution in [0, 0.1) is 5.41 Å². The zero-order valence-electron chi connectivity index (χ0n) is 10.9. The van der Waals surface area contributed by atoms with Crippen molar-refractivity contribution in [1.29, 1.82) is 0 Å². The summed E-state index contributed by atoms with van der Waals surface area (Å²) in [5, 5.41) is 0. The van der Waals surface area contributed by atoms with Crippen molar-refractivity contribution in [1.82, 2.24) is 0 Å². The summed E-state index contributed by atoms with van der Waals surface area (Å²) in [6, 6.07) is 0. The van der Waals surface area contributed by atoms with E-state index in [1.165, 1.54) is 51.4 Å². The summed E-state index contributed by atoms with van der Waals surface area (Å²) >= 11 is 0. The van der Waals surface area contributed by atoms with E-state index in [1.54, 1.807) is 0 Å². The second-order valence-corrected chi connectivity index (χ2v) is 5.94. The summed E-state index contributed by atoms with van der Waals surface area (Å²) in [4.78, 5) is 0. The first-order chi connectivity index (χ1) is 7.04. The first-order valence-electron chi connectivity index (χ1n) is 6.82. The molecule has 0 aromatic carbocycles. The zero-order valence-corrected chi connectivity index (χ0v) is 10.9. The Bertz CT molecular complexity index is 170. The van der Waals surface area contributed by atoms with E-state index in [0.717, 1.165) is 6.42 Å². The molecular formula is C14H29N. The van der Waals surface area contributed by atoms with E-state index in [0.29, 0.717) is 5.41 Å². The molecule has 1 heteroatoms. The predicted molar refractivity (Wildman–Crippen MR) is 67.9 cm³/mol. The van der Waals surface area contributed by atoms with Gasteiger partial charge in [0.15, 0.2) is 0 Å². The second-order valence-electron chi connectivity index (χ2n) is 5.94. The van der Waals surface area contributed by atoms with E-state index >= 15 is 0 Å². The van der Waals surface area contributed by atoms with E-state index in [1.807, 2.05) is 0 Å². The predicted octanol–water partition coefficient (Wildman–Crippen LogP) is 4.25. The molecule has 0 aromatic rings. The first kappa shape index (κ1) is 13.0. The molecule has 1 aliphatic rings. The molecule has 1 saturated carbocycles. The molecular weight excluding hydrogens is 182 g/mol. The Morgan fingerprint density at radius 1 is 0.867 bits per heavy atom. The Morgan fingerprint density at radius 3 is 2.00 bits per heavy atom. The van der Waals surface area contributed by atoms with Crippen molar-refractivity contribution in [3.05, 3.63) is 0 Å². The average Bonchev–Trinajstić information content (AvgIpc) is 2.30. The van der Waals surface area contributed by atoms with E-state index in [2.05, 4.69) is 20.8 Å². The Labute approximate surface area is 95.8 Å². The minimum atomic E-state index is 0.152. The topological polar surface area (TPSA) is 26.0 Å². The lowest BCUT2D eigenvalue weighted by Gasteiger charge is -2.29. The lowest BCUT2D eigenvalue weighted by molar-refractivity contribution is 0.245. The third kappa shape index (κ3) is 3.79. The highest BCUT2D eigenvalue weighted by Gasteiger charge is 2.28. The molecule has 1 aliphatic carbocycles. The van der Waals surface area contributed by atoms with Gasteiger partial charge in [-0.3, -0.25) is 0 Å². The molecule has 0 spiro atoms. The Hall–Kier alpha value is -0.0400. The summed E-state index contributed by atoms with van der Waals surface area (Å²) in [7, 11) is 0. The van der Waals surface area contributed by atoms with E-state index in [9.17, 15) is 0 Å². The molecule has 1 rings (SSSR count). The summed E-state index contributed by atoms with van der Waals surface area (Å²) in [5.41, 5.74) is 7.18. The van der Waals surface area contributed by atoms with Crippen LogP contribution in [0.15, 0.2) is 0 Å². The quantitative estimate of drug-likeness (QED) is 0.726. The van der Waals surface area contributed by atoms with Gasteiger partial charge in [0, 0.05) is 5.54 Å². The fourth-order valence-electron chi connectivity index (χ4n) is 2.85. The van der Waals surface area contributed by atoms with Gasteiger partial charge in [-0.2, -0.15) is 0 Å². The van der Waals surface area contributed by atoms with Crippen LogP contribution in [0.5, 0.6) is 0 Å². The summed E-state index contributed by atoms with van der Waals surface area (Å²) in [6.07, 6.45) is 11.8. The van der Waals surface area contributed by atoms with Crippen LogP contribution in [-0.2, 0) is 0 Å². The monoisotopic (exact) mass is 211 g/mol. The molecule has 0 bridgehead atoms. The van der Waals surface area contributed by atoms with Gasteiger partial charge in [-0.15, -0.1) is 0 Å². The molecule has 15 heavy (non-hydrogen) atoms. The minimum Gasteiger partial charge on any atom is -0.325 e. The maximum atomic E-state index is 6.43. The van der Waals surface area contributed by atoms with Crippen molar-refractivity contribution in [2.24, 2.45) is 11.1 Å². The maximum absolute atomic E-state index is 6.43. The molecule has 1 nitrogen and oxygen atoms in total. The van der Waals surface area contributed by atoms with Gasteiger partial charge in [-0.1, -0.05) is 46.5 Å². The lowest BCUT2D eigenvalue weighted by Crippen LogP contribution is -2.38. The molecule has 0 amide bonds. The van der Waals surface area contributed by atoms with Crippen LogP contribution in [0.2, 0.25) is 0 Å². The Balaban J connectivity index is 2.56. The average molecular weight is 211 g/mol. The van der Waals surface area contributed by atoms with Crippen LogP contribution in [0.3, 0.4) is 0 Å². The lowest BCUT2D eigenvalue weighted by atomic mass is 9.78. The highest BCUT2D eigenvalue weighted by Crippen LogP contribution is 2.37. The van der Waals surface area contributed by atoms with Crippen LogP contribution in [-0.4, -0.2) is 5.54 Å². The number of rotatable bonds is 2. The SMILES string of the molecule is CCC1(C)CCCCC(N)(CC)CCC1. The van der Waals surface area contributed by atoms with Gasteiger partial charge < -0.3 is 5.73 Å². The number of hydrogen-bond acceptors (Lipinski definition) is 1. The fourth-order valence-corrected chi connectivity index (χ4v) is 2.85. The molecule has 1 fully saturated rings. The Morgan fingerprint density at radius 2 is 1.40 bits per heavy atom. The Kier molecular flexibility index (Phi) is 4.64. The molecule has 0 heterocycles. The summed E-state index contributed by atoms with van der Waals surface area (Å²) in [6.45, 7) is 7.05. The van der Waals surface area contributed by atoms with Crippen LogP contribution in [0.25, 0.3) is 0 Å². The zero-order chi connectivity index (χ0) is 11.4. The number of hydrogen-bond donors (Lipinski definition) is 1.